The zero-order valence-electron chi connectivity index (χ0n) is 13.9. The largest absolute Gasteiger partial charge is 0.497 e. The third-order valence-electron chi connectivity index (χ3n) is 3.72. The average molecular weight is 339 g/mol. The van der Waals surface area contributed by atoms with Crippen molar-refractivity contribution < 1.29 is 18.7 Å². The summed E-state index contributed by atoms with van der Waals surface area (Å²) in [6.45, 7) is 1.50. The van der Waals surface area contributed by atoms with Crippen LogP contribution in [0.3, 0.4) is 0 Å². The summed E-state index contributed by atoms with van der Waals surface area (Å²) in [7, 11) is 1.56. The van der Waals surface area contributed by atoms with Gasteiger partial charge >= 0.3 is 0 Å². The van der Waals surface area contributed by atoms with E-state index in [1.807, 2.05) is 13.0 Å². The zero-order chi connectivity index (χ0) is 18.0. The molecule has 0 saturated heterocycles. The van der Waals surface area contributed by atoms with Gasteiger partial charge in [0.1, 0.15) is 11.3 Å². The molecular weight excluding hydrogens is 322 g/mol. The van der Waals surface area contributed by atoms with Crippen molar-refractivity contribution in [2.24, 2.45) is 5.73 Å². The van der Waals surface area contributed by atoms with Crippen LogP contribution in [0, 0.1) is 6.92 Å². The van der Waals surface area contributed by atoms with Crippen LogP contribution in [-0.4, -0.2) is 19.6 Å². The Balaban J connectivity index is 2.23. The fraction of sp³-hybridized carbons (Fsp3) is 0.158. The second-order valence-corrected chi connectivity index (χ2v) is 5.57. The summed E-state index contributed by atoms with van der Waals surface area (Å²) in [4.78, 5) is 23.9. The van der Waals surface area contributed by atoms with E-state index < -0.39 is 12.5 Å². The monoisotopic (exact) mass is 339 g/mol. The van der Waals surface area contributed by atoms with Crippen LogP contribution in [0.1, 0.15) is 5.56 Å². The van der Waals surface area contributed by atoms with Gasteiger partial charge in [0.2, 0.25) is 11.2 Å². The molecule has 3 rings (SSSR count). The maximum absolute atomic E-state index is 12.8. The third kappa shape index (κ3) is 3.33. The van der Waals surface area contributed by atoms with Gasteiger partial charge in [-0.3, -0.25) is 9.59 Å². The number of carbonyl (C=O) groups is 1. The molecule has 2 aromatic carbocycles. The van der Waals surface area contributed by atoms with Gasteiger partial charge < -0.3 is 19.6 Å². The van der Waals surface area contributed by atoms with Crippen molar-refractivity contribution in [2.75, 3.05) is 13.7 Å². The Bertz CT molecular complexity index is 989. The fourth-order valence-corrected chi connectivity index (χ4v) is 2.49. The normalized spacial score (nSPS) is 10.6. The number of ether oxygens (including phenoxy) is 2. The van der Waals surface area contributed by atoms with Gasteiger partial charge in [-0.1, -0.05) is 6.07 Å². The van der Waals surface area contributed by atoms with Gasteiger partial charge in [-0.2, -0.15) is 0 Å². The molecule has 1 aromatic heterocycles. The molecule has 6 nitrogen and oxygen atoms in total. The first-order valence-corrected chi connectivity index (χ1v) is 7.62. The van der Waals surface area contributed by atoms with Crippen LogP contribution in [0.4, 0.5) is 0 Å². The van der Waals surface area contributed by atoms with E-state index in [9.17, 15) is 9.59 Å². The quantitative estimate of drug-likeness (QED) is 0.771. The van der Waals surface area contributed by atoms with E-state index >= 15 is 0 Å². The first-order chi connectivity index (χ1) is 12.0. The van der Waals surface area contributed by atoms with Crippen molar-refractivity contribution in [3.63, 3.8) is 0 Å². The molecule has 0 spiro atoms. The number of amides is 1. The second-order valence-electron chi connectivity index (χ2n) is 5.57. The summed E-state index contributed by atoms with van der Waals surface area (Å²) in [6.07, 6.45) is 0. The highest BCUT2D eigenvalue weighted by Crippen LogP contribution is 2.32. The van der Waals surface area contributed by atoms with Gasteiger partial charge in [-0.05, 0) is 48.9 Å². The zero-order valence-corrected chi connectivity index (χ0v) is 13.9. The number of hydrogen-bond acceptors (Lipinski definition) is 5. The third-order valence-corrected chi connectivity index (χ3v) is 3.72. The van der Waals surface area contributed by atoms with Gasteiger partial charge in [0.25, 0.3) is 5.91 Å². The second kappa shape index (κ2) is 6.68. The molecule has 0 bridgehead atoms. The summed E-state index contributed by atoms with van der Waals surface area (Å²) in [5, 5.41) is 0.377. The Labute approximate surface area is 143 Å². The number of rotatable bonds is 5. The van der Waals surface area contributed by atoms with Crippen LogP contribution in [0.2, 0.25) is 0 Å². The van der Waals surface area contributed by atoms with E-state index in [2.05, 4.69) is 0 Å². The molecule has 6 heteroatoms. The molecule has 0 aliphatic heterocycles. The molecule has 1 amide bonds. The van der Waals surface area contributed by atoms with Gasteiger partial charge in [0.05, 0.1) is 12.5 Å². The van der Waals surface area contributed by atoms with Gasteiger partial charge in [0.15, 0.2) is 12.4 Å². The standard InChI is InChI=1S/C19H17NO5/c1-11-3-8-14-15(9-11)25-18(12-4-6-13(23-2)7-5-12)19(17(14)22)24-10-16(20)21/h3-9H,10H2,1-2H3,(H2,20,21). The average Bonchev–Trinajstić information content (AvgIpc) is 2.60. The summed E-state index contributed by atoms with van der Waals surface area (Å²) < 4.78 is 16.4. The Morgan fingerprint density at radius 3 is 2.52 bits per heavy atom. The first-order valence-electron chi connectivity index (χ1n) is 7.62. The van der Waals surface area contributed by atoms with Crippen molar-refractivity contribution in [1.82, 2.24) is 0 Å². The highest BCUT2D eigenvalue weighted by Gasteiger charge is 2.18. The molecule has 3 aromatic rings. The van der Waals surface area contributed by atoms with Crippen LogP contribution >= 0.6 is 0 Å². The number of hydrogen-bond donors (Lipinski definition) is 1. The van der Waals surface area contributed by atoms with E-state index in [0.717, 1.165) is 5.56 Å². The van der Waals surface area contributed by atoms with Crippen LogP contribution in [-0.2, 0) is 4.79 Å². The molecule has 0 aliphatic rings. The Kier molecular flexibility index (Phi) is 4.43. The first kappa shape index (κ1) is 16.6. The summed E-state index contributed by atoms with van der Waals surface area (Å²) in [5.74, 6) is 0.193. The molecule has 0 atom stereocenters. The van der Waals surface area contributed by atoms with Gasteiger partial charge in [0, 0.05) is 5.56 Å². The molecule has 1 heterocycles. The Morgan fingerprint density at radius 1 is 1.16 bits per heavy atom. The van der Waals surface area contributed by atoms with Crippen LogP contribution in [0.15, 0.2) is 51.7 Å². The van der Waals surface area contributed by atoms with Crippen LogP contribution < -0.4 is 20.6 Å². The minimum Gasteiger partial charge on any atom is -0.497 e. The Hall–Kier alpha value is -3.28. The maximum atomic E-state index is 12.8. The Morgan fingerprint density at radius 2 is 1.88 bits per heavy atom. The van der Waals surface area contributed by atoms with Crippen molar-refractivity contribution in [3.8, 4) is 22.8 Å². The number of benzene rings is 2. The number of carbonyl (C=O) groups excluding carboxylic acids is 1. The van der Waals surface area contributed by atoms with Gasteiger partial charge in [-0.25, -0.2) is 0 Å². The lowest BCUT2D eigenvalue weighted by Gasteiger charge is -2.11. The lowest BCUT2D eigenvalue weighted by atomic mass is 10.1. The van der Waals surface area contributed by atoms with E-state index in [-0.39, 0.29) is 16.9 Å². The summed E-state index contributed by atoms with van der Waals surface area (Å²) >= 11 is 0. The highest BCUT2D eigenvalue weighted by molar-refractivity contribution is 5.83. The summed E-state index contributed by atoms with van der Waals surface area (Å²) in [6, 6.07) is 12.2. The number of methoxy groups -OCH3 is 1. The number of aryl methyl sites for hydroxylation is 1. The predicted octanol–water partition coefficient (Wildman–Crippen LogP) is 2.64. The molecule has 2 N–H and O–H groups in total. The summed E-state index contributed by atoms with van der Waals surface area (Å²) in [5.41, 5.74) is 6.82. The minimum atomic E-state index is -0.677. The number of primary amides is 1. The molecule has 0 unspecified atom stereocenters. The van der Waals surface area contributed by atoms with E-state index in [0.29, 0.717) is 22.3 Å². The van der Waals surface area contributed by atoms with E-state index in [1.54, 1.807) is 43.5 Å². The molecule has 0 aliphatic carbocycles. The number of nitrogens with two attached hydrogens (primary N) is 1. The molecule has 25 heavy (non-hydrogen) atoms. The molecule has 0 saturated carbocycles. The molecule has 0 fully saturated rings. The number of fused-ring (bicyclic) bond motifs is 1. The lowest BCUT2D eigenvalue weighted by Crippen LogP contribution is -2.22. The molecule has 128 valence electrons. The topological polar surface area (TPSA) is 91.8 Å². The lowest BCUT2D eigenvalue weighted by molar-refractivity contribution is -0.119. The SMILES string of the molecule is COc1ccc(-c2oc3cc(C)ccc3c(=O)c2OCC(N)=O)cc1. The minimum absolute atomic E-state index is 0.0414. The van der Waals surface area contributed by atoms with Crippen molar-refractivity contribution in [3.05, 3.63) is 58.3 Å². The van der Waals surface area contributed by atoms with Crippen LogP contribution in [0.25, 0.3) is 22.3 Å². The maximum Gasteiger partial charge on any atom is 0.255 e. The fourth-order valence-electron chi connectivity index (χ4n) is 2.49. The predicted molar refractivity (Wildman–Crippen MR) is 93.9 cm³/mol. The van der Waals surface area contributed by atoms with Crippen molar-refractivity contribution in [2.45, 2.75) is 6.92 Å². The van der Waals surface area contributed by atoms with Crippen molar-refractivity contribution in [1.29, 1.82) is 0 Å². The van der Waals surface area contributed by atoms with Crippen molar-refractivity contribution >= 4 is 16.9 Å². The van der Waals surface area contributed by atoms with Crippen LogP contribution in [0.5, 0.6) is 11.5 Å². The molecule has 0 radical (unpaired) electrons. The smallest absolute Gasteiger partial charge is 0.255 e. The molecular formula is C19H17NO5. The highest BCUT2D eigenvalue weighted by atomic mass is 16.5. The van der Waals surface area contributed by atoms with Gasteiger partial charge in [-0.15, -0.1) is 0 Å². The van der Waals surface area contributed by atoms with E-state index in [1.165, 1.54) is 0 Å². The van der Waals surface area contributed by atoms with E-state index in [4.69, 9.17) is 19.6 Å².